The largest absolute Gasteiger partial charge is 0.340 e. The lowest BCUT2D eigenvalue weighted by molar-refractivity contribution is -0.134. The summed E-state index contributed by atoms with van der Waals surface area (Å²) < 4.78 is 0. The molecule has 0 spiro atoms. The minimum atomic E-state index is 0. The Balaban J connectivity index is 0.00000121. The first-order chi connectivity index (χ1) is 11.8. The van der Waals surface area contributed by atoms with Crippen LogP contribution in [0.2, 0.25) is 0 Å². The number of rotatable bonds is 4. The molecule has 3 aliphatic heterocycles. The molecule has 3 saturated heterocycles. The van der Waals surface area contributed by atoms with Gasteiger partial charge in [-0.15, -0.1) is 24.8 Å². The normalized spacial score (nSPS) is 28.2. The van der Waals surface area contributed by atoms with Gasteiger partial charge in [-0.1, -0.05) is 30.3 Å². The van der Waals surface area contributed by atoms with Crippen LogP contribution >= 0.6 is 24.8 Å². The van der Waals surface area contributed by atoms with Crippen molar-refractivity contribution >= 4 is 30.7 Å². The van der Waals surface area contributed by atoms with Gasteiger partial charge in [-0.2, -0.15) is 0 Å². The predicted octanol–water partition coefficient (Wildman–Crippen LogP) is 3.10. The molecule has 1 N–H and O–H groups in total. The summed E-state index contributed by atoms with van der Waals surface area (Å²) in [6, 6.07) is 12.0. The average molecular weight is 400 g/mol. The molecule has 4 rings (SSSR count). The van der Waals surface area contributed by atoms with E-state index in [9.17, 15) is 4.79 Å². The SMILES string of the molecule is Cl.Cl.O=C(CC1CC2CCC(C1)N2)N1CCN(Cc2ccccc2)CC1. The summed E-state index contributed by atoms with van der Waals surface area (Å²) in [6.07, 6.45) is 5.81. The van der Waals surface area contributed by atoms with Crippen molar-refractivity contribution in [1.82, 2.24) is 15.1 Å². The van der Waals surface area contributed by atoms with Crippen LogP contribution in [-0.2, 0) is 11.3 Å². The third-order valence-corrected chi connectivity index (χ3v) is 6.01. The highest BCUT2D eigenvalue weighted by molar-refractivity contribution is 5.85. The van der Waals surface area contributed by atoms with Crippen LogP contribution in [-0.4, -0.2) is 54.0 Å². The summed E-state index contributed by atoms with van der Waals surface area (Å²) in [4.78, 5) is 17.2. The van der Waals surface area contributed by atoms with E-state index in [0.717, 1.165) is 39.1 Å². The number of piperidine rings is 1. The molecule has 0 aliphatic carbocycles. The van der Waals surface area contributed by atoms with E-state index in [2.05, 4.69) is 45.4 Å². The van der Waals surface area contributed by atoms with Gasteiger partial charge in [0.2, 0.25) is 5.91 Å². The van der Waals surface area contributed by atoms with Crippen LogP contribution in [0.1, 0.15) is 37.7 Å². The van der Waals surface area contributed by atoms with Gasteiger partial charge in [-0.25, -0.2) is 0 Å². The van der Waals surface area contributed by atoms with Gasteiger partial charge in [0.15, 0.2) is 0 Å². The maximum atomic E-state index is 12.7. The second-order valence-electron chi connectivity index (χ2n) is 7.82. The molecule has 3 aliphatic rings. The highest BCUT2D eigenvalue weighted by atomic mass is 35.5. The molecular weight excluding hydrogens is 369 g/mol. The van der Waals surface area contributed by atoms with Crippen molar-refractivity contribution in [3.63, 3.8) is 0 Å². The van der Waals surface area contributed by atoms with E-state index < -0.39 is 0 Å². The van der Waals surface area contributed by atoms with Crippen molar-refractivity contribution in [3.8, 4) is 0 Å². The van der Waals surface area contributed by atoms with Crippen molar-refractivity contribution in [2.75, 3.05) is 26.2 Å². The number of hydrogen-bond donors (Lipinski definition) is 1. The van der Waals surface area contributed by atoms with Crippen molar-refractivity contribution < 1.29 is 4.79 Å². The van der Waals surface area contributed by atoms with Crippen LogP contribution in [0.3, 0.4) is 0 Å². The molecule has 1 amide bonds. The molecule has 6 heteroatoms. The Morgan fingerprint density at radius 2 is 1.58 bits per heavy atom. The Morgan fingerprint density at radius 3 is 2.19 bits per heavy atom. The number of hydrogen-bond acceptors (Lipinski definition) is 3. The van der Waals surface area contributed by atoms with Crippen LogP contribution in [0.25, 0.3) is 0 Å². The van der Waals surface area contributed by atoms with Crippen molar-refractivity contribution in [2.24, 2.45) is 5.92 Å². The first-order valence-corrected chi connectivity index (χ1v) is 9.56. The molecule has 2 atom stereocenters. The van der Waals surface area contributed by atoms with Gasteiger partial charge in [0.1, 0.15) is 0 Å². The standard InChI is InChI=1S/C20H29N3O.2ClH/c24-20(14-17-12-18-6-7-19(13-17)21-18)23-10-8-22(9-11-23)15-16-4-2-1-3-5-16;;/h1-5,17-19,21H,6-15H2;2*1H. The predicted molar refractivity (Wildman–Crippen MR) is 110 cm³/mol. The minimum Gasteiger partial charge on any atom is -0.340 e. The lowest BCUT2D eigenvalue weighted by Crippen LogP contribution is -2.49. The Morgan fingerprint density at radius 1 is 0.962 bits per heavy atom. The molecule has 2 bridgehead atoms. The maximum absolute atomic E-state index is 12.7. The number of benzene rings is 1. The van der Waals surface area contributed by atoms with Gasteiger partial charge in [-0.05, 0) is 37.2 Å². The molecule has 26 heavy (non-hydrogen) atoms. The molecule has 3 heterocycles. The van der Waals surface area contributed by atoms with Crippen LogP contribution in [0.4, 0.5) is 0 Å². The van der Waals surface area contributed by atoms with E-state index in [-0.39, 0.29) is 24.8 Å². The van der Waals surface area contributed by atoms with Crippen LogP contribution in [0.15, 0.2) is 30.3 Å². The quantitative estimate of drug-likeness (QED) is 0.844. The zero-order valence-corrected chi connectivity index (χ0v) is 16.9. The third-order valence-electron chi connectivity index (χ3n) is 6.01. The highest BCUT2D eigenvalue weighted by Crippen LogP contribution is 2.33. The van der Waals surface area contributed by atoms with Crippen LogP contribution in [0.5, 0.6) is 0 Å². The fraction of sp³-hybridized carbons (Fsp3) is 0.650. The Hall–Kier alpha value is -0.810. The number of halogens is 2. The summed E-state index contributed by atoms with van der Waals surface area (Å²) >= 11 is 0. The zero-order valence-electron chi connectivity index (χ0n) is 15.3. The Bertz CT molecular complexity index is 551. The van der Waals surface area contributed by atoms with Gasteiger partial charge in [0, 0.05) is 51.2 Å². The van der Waals surface area contributed by atoms with Crippen LogP contribution in [0, 0.1) is 5.92 Å². The molecule has 4 nitrogen and oxygen atoms in total. The van der Waals surface area contributed by atoms with Crippen molar-refractivity contribution in [1.29, 1.82) is 0 Å². The van der Waals surface area contributed by atoms with E-state index in [1.54, 1.807) is 0 Å². The summed E-state index contributed by atoms with van der Waals surface area (Å²) in [7, 11) is 0. The maximum Gasteiger partial charge on any atom is 0.222 e. The van der Waals surface area contributed by atoms with Gasteiger partial charge in [-0.3, -0.25) is 9.69 Å². The summed E-state index contributed by atoms with van der Waals surface area (Å²) in [6.45, 7) is 4.78. The van der Waals surface area contributed by atoms with Crippen LogP contribution < -0.4 is 5.32 Å². The third kappa shape index (κ3) is 5.35. The van der Waals surface area contributed by atoms with Crippen molar-refractivity contribution in [3.05, 3.63) is 35.9 Å². The summed E-state index contributed by atoms with van der Waals surface area (Å²) in [5.41, 5.74) is 1.36. The van der Waals surface area contributed by atoms with E-state index in [0.29, 0.717) is 23.9 Å². The number of carbonyl (C=O) groups excluding carboxylic acids is 1. The fourth-order valence-corrected chi connectivity index (χ4v) is 4.71. The Labute approximate surface area is 169 Å². The molecule has 0 radical (unpaired) electrons. The molecule has 3 fully saturated rings. The van der Waals surface area contributed by atoms with E-state index in [1.165, 1.54) is 31.2 Å². The van der Waals surface area contributed by atoms with Crippen molar-refractivity contribution in [2.45, 2.75) is 50.7 Å². The minimum absolute atomic E-state index is 0. The average Bonchev–Trinajstić information content (AvgIpc) is 2.95. The first kappa shape index (κ1) is 21.5. The summed E-state index contributed by atoms with van der Waals surface area (Å²) in [5, 5.41) is 3.67. The van der Waals surface area contributed by atoms with Gasteiger partial charge >= 0.3 is 0 Å². The molecular formula is C20H31Cl2N3O. The number of nitrogens with one attached hydrogen (secondary N) is 1. The number of amides is 1. The Kier molecular flexibility index (Phi) is 8.21. The van der Waals surface area contributed by atoms with E-state index >= 15 is 0 Å². The van der Waals surface area contributed by atoms with E-state index in [4.69, 9.17) is 0 Å². The molecule has 0 saturated carbocycles. The monoisotopic (exact) mass is 399 g/mol. The fourth-order valence-electron chi connectivity index (χ4n) is 4.71. The second kappa shape index (κ2) is 9.93. The lowest BCUT2D eigenvalue weighted by atomic mass is 9.89. The first-order valence-electron chi connectivity index (χ1n) is 9.56. The number of piperazine rings is 1. The van der Waals surface area contributed by atoms with Gasteiger partial charge in [0.25, 0.3) is 0 Å². The topological polar surface area (TPSA) is 35.6 Å². The molecule has 0 aromatic heterocycles. The van der Waals surface area contributed by atoms with Gasteiger partial charge < -0.3 is 10.2 Å². The smallest absolute Gasteiger partial charge is 0.222 e. The molecule has 1 aromatic carbocycles. The number of carbonyl (C=O) groups is 1. The number of nitrogens with zero attached hydrogens (tertiary/aromatic N) is 2. The molecule has 2 unspecified atom stereocenters. The van der Waals surface area contributed by atoms with Gasteiger partial charge in [0.05, 0.1) is 0 Å². The highest BCUT2D eigenvalue weighted by Gasteiger charge is 2.35. The molecule has 1 aromatic rings. The summed E-state index contributed by atoms with van der Waals surface area (Å²) in [5.74, 6) is 0.999. The second-order valence-corrected chi connectivity index (χ2v) is 7.82. The zero-order chi connectivity index (χ0) is 16.4. The van der Waals surface area contributed by atoms with E-state index in [1.807, 2.05) is 0 Å². The lowest BCUT2D eigenvalue weighted by Gasteiger charge is -2.36. The molecule has 146 valence electrons. The number of fused-ring (bicyclic) bond motifs is 2.